The number of hydrogen-bond donors (Lipinski definition) is 1. The Hall–Kier alpha value is -1.26. The van der Waals surface area contributed by atoms with Gasteiger partial charge in [-0.2, -0.15) is 5.10 Å². The SMILES string of the molecule is CCC(O)c1c(C)nn(CC2Cc3ccccc3S2)c1C. The van der Waals surface area contributed by atoms with Crippen LogP contribution in [-0.4, -0.2) is 20.1 Å². The molecule has 4 heteroatoms. The molecule has 2 aromatic rings. The van der Waals surface area contributed by atoms with Gasteiger partial charge in [-0.1, -0.05) is 25.1 Å². The molecule has 1 N–H and O–H groups in total. The van der Waals surface area contributed by atoms with Crippen LogP contribution < -0.4 is 0 Å². The molecule has 0 amide bonds. The molecule has 21 heavy (non-hydrogen) atoms. The summed E-state index contributed by atoms with van der Waals surface area (Å²) in [6.45, 7) is 6.97. The van der Waals surface area contributed by atoms with E-state index in [-0.39, 0.29) is 0 Å². The van der Waals surface area contributed by atoms with Crippen molar-refractivity contribution in [1.29, 1.82) is 0 Å². The van der Waals surface area contributed by atoms with Crippen molar-refractivity contribution in [2.75, 3.05) is 0 Å². The van der Waals surface area contributed by atoms with E-state index in [4.69, 9.17) is 0 Å². The number of aryl methyl sites for hydroxylation is 1. The van der Waals surface area contributed by atoms with Gasteiger partial charge in [0.1, 0.15) is 0 Å². The molecule has 2 atom stereocenters. The molecule has 0 fully saturated rings. The van der Waals surface area contributed by atoms with E-state index in [1.807, 2.05) is 25.6 Å². The molecule has 0 saturated carbocycles. The van der Waals surface area contributed by atoms with Gasteiger partial charge in [-0.05, 0) is 38.3 Å². The zero-order valence-corrected chi connectivity index (χ0v) is 13.7. The highest BCUT2D eigenvalue weighted by molar-refractivity contribution is 8.00. The minimum Gasteiger partial charge on any atom is -0.388 e. The van der Waals surface area contributed by atoms with Crippen LogP contribution in [-0.2, 0) is 13.0 Å². The first-order valence-electron chi connectivity index (χ1n) is 7.56. The Bertz CT molecular complexity index is 625. The Morgan fingerprint density at radius 3 is 2.86 bits per heavy atom. The molecular weight excluding hydrogens is 280 g/mol. The fourth-order valence-electron chi connectivity index (χ4n) is 3.12. The molecule has 0 saturated heterocycles. The number of nitrogens with zero attached hydrogens (tertiary/aromatic N) is 2. The molecule has 1 aromatic carbocycles. The molecule has 2 heterocycles. The van der Waals surface area contributed by atoms with Crippen molar-refractivity contribution in [3.05, 3.63) is 46.8 Å². The summed E-state index contributed by atoms with van der Waals surface area (Å²) in [6.07, 6.45) is 1.44. The fraction of sp³-hybridized carbons (Fsp3) is 0.471. The second-order valence-corrected chi connectivity index (χ2v) is 7.08. The van der Waals surface area contributed by atoms with E-state index in [2.05, 4.69) is 41.0 Å². The van der Waals surface area contributed by atoms with Crippen LogP contribution in [0, 0.1) is 13.8 Å². The van der Waals surface area contributed by atoms with Crippen molar-refractivity contribution in [3.63, 3.8) is 0 Å². The number of fused-ring (bicyclic) bond motifs is 1. The molecule has 3 rings (SSSR count). The van der Waals surface area contributed by atoms with Crippen LogP contribution >= 0.6 is 11.8 Å². The maximum absolute atomic E-state index is 10.1. The molecule has 0 bridgehead atoms. The normalized spacial score (nSPS) is 18.8. The van der Waals surface area contributed by atoms with E-state index < -0.39 is 6.10 Å². The maximum Gasteiger partial charge on any atom is 0.0823 e. The Kier molecular flexibility index (Phi) is 4.09. The van der Waals surface area contributed by atoms with Gasteiger partial charge >= 0.3 is 0 Å². The van der Waals surface area contributed by atoms with Gasteiger partial charge in [0.15, 0.2) is 0 Å². The monoisotopic (exact) mass is 302 g/mol. The molecule has 1 aliphatic rings. The van der Waals surface area contributed by atoms with Gasteiger partial charge in [-0.3, -0.25) is 4.68 Å². The number of thioether (sulfide) groups is 1. The summed E-state index contributed by atoms with van der Waals surface area (Å²) in [6, 6.07) is 8.64. The molecule has 0 aliphatic carbocycles. The van der Waals surface area contributed by atoms with Gasteiger partial charge in [-0.15, -0.1) is 11.8 Å². The lowest BCUT2D eigenvalue weighted by atomic mass is 10.1. The molecule has 1 aliphatic heterocycles. The lowest BCUT2D eigenvalue weighted by Gasteiger charge is -2.12. The lowest BCUT2D eigenvalue weighted by Crippen LogP contribution is -2.15. The van der Waals surface area contributed by atoms with Crippen LogP contribution in [0.1, 0.15) is 42.0 Å². The first-order valence-corrected chi connectivity index (χ1v) is 8.44. The Balaban J connectivity index is 1.78. The minimum absolute atomic E-state index is 0.396. The average molecular weight is 302 g/mol. The minimum atomic E-state index is -0.396. The van der Waals surface area contributed by atoms with E-state index in [1.54, 1.807) is 0 Å². The van der Waals surface area contributed by atoms with Crippen LogP contribution in [0.5, 0.6) is 0 Å². The standard InChI is InChI=1S/C17H22N2OS/c1-4-15(20)17-11(2)18-19(12(17)3)10-14-9-13-7-5-6-8-16(13)21-14/h5-8,14-15,20H,4,9-10H2,1-3H3. The predicted octanol–water partition coefficient (Wildman–Crippen LogP) is 3.66. The van der Waals surface area contributed by atoms with Crippen molar-refractivity contribution >= 4 is 11.8 Å². The molecular formula is C17H22N2OS. The third-order valence-corrected chi connectivity index (χ3v) is 5.55. The number of hydrogen-bond acceptors (Lipinski definition) is 3. The quantitative estimate of drug-likeness (QED) is 0.936. The molecule has 1 aromatic heterocycles. The van der Waals surface area contributed by atoms with E-state index in [9.17, 15) is 5.11 Å². The van der Waals surface area contributed by atoms with E-state index >= 15 is 0 Å². The van der Waals surface area contributed by atoms with Crippen molar-refractivity contribution in [2.24, 2.45) is 0 Å². The van der Waals surface area contributed by atoms with Crippen molar-refractivity contribution in [3.8, 4) is 0 Å². The molecule has 0 spiro atoms. The summed E-state index contributed by atoms with van der Waals surface area (Å²) in [4.78, 5) is 1.40. The highest BCUT2D eigenvalue weighted by atomic mass is 32.2. The Morgan fingerprint density at radius 1 is 1.38 bits per heavy atom. The summed E-state index contributed by atoms with van der Waals surface area (Å²) in [5.41, 5.74) is 4.53. The smallest absolute Gasteiger partial charge is 0.0823 e. The summed E-state index contributed by atoms with van der Waals surface area (Å²) >= 11 is 1.95. The summed E-state index contributed by atoms with van der Waals surface area (Å²) in [5.74, 6) is 0. The number of rotatable bonds is 4. The molecule has 112 valence electrons. The van der Waals surface area contributed by atoms with Crippen molar-refractivity contribution in [2.45, 2.75) is 56.4 Å². The van der Waals surface area contributed by atoms with Gasteiger partial charge in [0.2, 0.25) is 0 Å². The van der Waals surface area contributed by atoms with Crippen LogP contribution in [0.25, 0.3) is 0 Å². The fourth-order valence-corrected chi connectivity index (χ4v) is 4.42. The topological polar surface area (TPSA) is 38.1 Å². The average Bonchev–Trinajstić information content (AvgIpc) is 2.99. The molecule has 2 unspecified atom stereocenters. The van der Waals surface area contributed by atoms with Gasteiger partial charge in [-0.25, -0.2) is 0 Å². The van der Waals surface area contributed by atoms with Gasteiger partial charge in [0, 0.05) is 21.4 Å². The summed E-state index contributed by atoms with van der Waals surface area (Å²) < 4.78 is 2.08. The van der Waals surface area contributed by atoms with E-state index in [0.29, 0.717) is 5.25 Å². The Labute approximate surface area is 130 Å². The van der Waals surface area contributed by atoms with Gasteiger partial charge in [0.25, 0.3) is 0 Å². The summed E-state index contributed by atoms with van der Waals surface area (Å²) in [7, 11) is 0. The second kappa shape index (κ2) is 5.85. The highest BCUT2D eigenvalue weighted by Gasteiger charge is 2.24. The van der Waals surface area contributed by atoms with Gasteiger partial charge in [0.05, 0.1) is 18.3 Å². The van der Waals surface area contributed by atoms with E-state index in [1.165, 1.54) is 10.5 Å². The zero-order chi connectivity index (χ0) is 15.0. The number of aliphatic hydroxyl groups excluding tert-OH is 1. The van der Waals surface area contributed by atoms with Crippen LogP contribution in [0.15, 0.2) is 29.2 Å². The molecule has 3 nitrogen and oxygen atoms in total. The highest BCUT2D eigenvalue weighted by Crippen LogP contribution is 2.37. The van der Waals surface area contributed by atoms with Crippen molar-refractivity contribution in [1.82, 2.24) is 9.78 Å². The number of aliphatic hydroxyl groups is 1. The third kappa shape index (κ3) is 2.74. The van der Waals surface area contributed by atoms with E-state index in [0.717, 1.165) is 36.3 Å². The van der Waals surface area contributed by atoms with Crippen LogP contribution in [0.2, 0.25) is 0 Å². The predicted molar refractivity (Wildman–Crippen MR) is 86.7 cm³/mol. The van der Waals surface area contributed by atoms with Crippen LogP contribution in [0.4, 0.5) is 0 Å². The first kappa shape index (κ1) is 14.7. The zero-order valence-electron chi connectivity index (χ0n) is 12.8. The lowest BCUT2D eigenvalue weighted by molar-refractivity contribution is 0.172. The summed E-state index contributed by atoms with van der Waals surface area (Å²) in [5, 5.41) is 15.3. The van der Waals surface area contributed by atoms with Crippen molar-refractivity contribution < 1.29 is 5.11 Å². The third-order valence-electron chi connectivity index (χ3n) is 4.25. The maximum atomic E-state index is 10.1. The largest absolute Gasteiger partial charge is 0.388 e. The second-order valence-electron chi connectivity index (χ2n) is 5.74. The molecule has 0 radical (unpaired) electrons. The number of aromatic nitrogens is 2. The Morgan fingerprint density at radius 2 is 2.14 bits per heavy atom. The van der Waals surface area contributed by atoms with Crippen LogP contribution in [0.3, 0.4) is 0 Å². The first-order chi connectivity index (χ1) is 10.1. The van der Waals surface area contributed by atoms with Gasteiger partial charge < -0.3 is 5.11 Å². The number of benzene rings is 1.